The highest BCUT2D eigenvalue weighted by molar-refractivity contribution is 5.29. The molecule has 1 unspecified atom stereocenters. The summed E-state index contributed by atoms with van der Waals surface area (Å²) in [5, 5.41) is 0. The zero-order valence-corrected chi connectivity index (χ0v) is 12.6. The summed E-state index contributed by atoms with van der Waals surface area (Å²) in [6, 6.07) is 4.94. The first-order valence-corrected chi connectivity index (χ1v) is 6.93. The molecule has 1 atom stereocenters. The highest BCUT2D eigenvalue weighted by Gasteiger charge is 2.13. The van der Waals surface area contributed by atoms with Gasteiger partial charge in [-0.1, -0.05) is 0 Å². The molecule has 0 spiro atoms. The number of nitrogens with zero attached hydrogens (tertiary/aromatic N) is 3. The van der Waals surface area contributed by atoms with E-state index in [2.05, 4.69) is 15.0 Å². The predicted octanol–water partition coefficient (Wildman–Crippen LogP) is -0.211. The lowest BCUT2D eigenvalue weighted by molar-refractivity contribution is -0.926. The lowest BCUT2D eigenvalue weighted by atomic mass is 10.2. The van der Waals surface area contributed by atoms with Crippen molar-refractivity contribution in [2.24, 2.45) is 0 Å². The highest BCUT2D eigenvalue weighted by Crippen LogP contribution is 2.17. The number of aromatic nitrogens is 3. The van der Waals surface area contributed by atoms with Gasteiger partial charge in [0.05, 0.1) is 13.7 Å². The SMILES string of the molecule is CC[NH+](Cc1ccc(OC)c(F)c1)Cc1nc(N)nc(N)n1. The summed E-state index contributed by atoms with van der Waals surface area (Å²) in [6.07, 6.45) is 0. The Morgan fingerprint density at radius 2 is 1.82 bits per heavy atom. The molecule has 0 bridgehead atoms. The lowest BCUT2D eigenvalue weighted by Gasteiger charge is -2.17. The summed E-state index contributed by atoms with van der Waals surface area (Å²) in [4.78, 5) is 13.0. The number of anilines is 2. The summed E-state index contributed by atoms with van der Waals surface area (Å²) >= 11 is 0. The molecule has 1 heterocycles. The van der Waals surface area contributed by atoms with Crippen LogP contribution in [0.2, 0.25) is 0 Å². The summed E-state index contributed by atoms with van der Waals surface area (Å²) in [5.74, 6) is 0.599. The van der Waals surface area contributed by atoms with E-state index in [-0.39, 0.29) is 23.5 Å². The van der Waals surface area contributed by atoms with Crippen molar-refractivity contribution in [2.75, 3.05) is 25.1 Å². The fourth-order valence-corrected chi connectivity index (χ4v) is 2.18. The summed E-state index contributed by atoms with van der Waals surface area (Å²) in [7, 11) is 1.44. The van der Waals surface area contributed by atoms with Gasteiger partial charge >= 0.3 is 0 Å². The molecule has 2 rings (SSSR count). The Bertz CT molecular complexity index is 631. The van der Waals surface area contributed by atoms with Crippen LogP contribution in [0.4, 0.5) is 16.3 Å². The van der Waals surface area contributed by atoms with Gasteiger partial charge in [-0.3, -0.25) is 0 Å². The summed E-state index contributed by atoms with van der Waals surface area (Å²) in [5.41, 5.74) is 12.0. The molecular weight excluding hydrogens is 287 g/mol. The van der Waals surface area contributed by atoms with Crippen molar-refractivity contribution in [3.63, 3.8) is 0 Å². The molecule has 1 aromatic heterocycles. The number of nitrogens with two attached hydrogens (primary N) is 2. The molecule has 0 saturated heterocycles. The molecule has 2 aromatic rings. The van der Waals surface area contributed by atoms with E-state index in [1.165, 1.54) is 13.2 Å². The third-order valence-corrected chi connectivity index (χ3v) is 3.29. The maximum absolute atomic E-state index is 13.7. The second kappa shape index (κ2) is 6.99. The standard InChI is InChI=1S/C14H19FN6O/c1-3-21(8-12-18-13(16)20-14(17)19-12)7-9-4-5-11(22-2)10(15)6-9/h4-6H,3,7-8H2,1-2H3,(H4,16,17,18,19,20)/p+1. The maximum atomic E-state index is 13.7. The topological polar surface area (TPSA) is 104 Å². The van der Waals surface area contributed by atoms with Crippen molar-refractivity contribution >= 4 is 11.9 Å². The van der Waals surface area contributed by atoms with Crippen molar-refractivity contribution < 1.29 is 14.0 Å². The van der Waals surface area contributed by atoms with Crippen LogP contribution in [0.5, 0.6) is 5.75 Å². The molecule has 5 N–H and O–H groups in total. The molecule has 1 aromatic carbocycles. The smallest absolute Gasteiger partial charge is 0.225 e. The largest absolute Gasteiger partial charge is 0.494 e. The third kappa shape index (κ3) is 4.01. The van der Waals surface area contributed by atoms with Crippen LogP contribution in [0.3, 0.4) is 0 Å². The molecule has 0 aliphatic rings. The first-order chi connectivity index (χ1) is 10.5. The van der Waals surface area contributed by atoms with E-state index in [4.69, 9.17) is 16.2 Å². The van der Waals surface area contributed by atoms with E-state index in [0.29, 0.717) is 18.9 Å². The van der Waals surface area contributed by atoms with Crippen LogP contribution in [0.1, 0.15) is 18.3 Å². The first-order valence-electron chi connectivity index (χ1n) is 6.93. The molecule has 22 heavy (non-hydrogen) atoms. The predicted molar refractivity (Wildman–Crippen MR) is 80.5 cm³/mol. The van der Waals surface area contributed by atoms with E-state index >= 15 is 0 Å². The minimum absolute atomic E-state index is 0.105. The van der Waals surface area contributed by atoms with E-state index in [9.17, 15) is 4.39 Å². The van der Waals surface area contributed by atoms with E-state index < -0.39 is 0 Å². The number of hydrogen-bond donors (Lipinski definition) is 3. The lowest BCUT2D eigenvalue weighted by Crippen LogP contribution is -3.09. The van der Waals surface area contributed by atoms with Gasteiger partial charge in [0.2, 0.25) is 11.9 Å². The number of hydrogen-bond acceptors (Lipinski definition) is 6. The molecular formula is C14H20FN6O+. The summed E-state index contributed by atoms with van der Waals surface area (Å²) in [6.45, 7) is 4.01. The minimum Gasteiger partial charge on any atom is -0.494 e. The van der Waals surface area contributed by atoms with Gasteiger partial charge in [-0.25, -0.2) is 4.39 Å². The molecule has 0 saturated carbocycles. The molecule has 8 heteroatoms. The number of nitrogen functional groups attached to an aromatic ring is 2. The van der Waals surface area contributed by atoms with Gasteiger partial charge in [0.25, 0.3) is 0 Å². The zero-order valence-electron chi connectivity index (χ0n) is 12.6. The van der Waals surface area contributed by atoms with E-state index in [0.717, 1.165) is 17.0 Å². The number of nitrogens with one attached hydrogen (secondary N) is 1. The van der Waals surface area contributed by atoms with E-state index in [1.54, 1.807) is 6.07 Å². The van der Waals surface area contributed by atoms with Crippen LogP contribution in [0.15, 0.2) is 18.2 Å². The van der Waals surface area contributed by atoms with Crippen molar-refractivity contribution in [1.82, 2.24) is 15.0 Å². The fraction of sp³-hybridized carbons (Fsp3) is 0.357. The van der Waals surface area contributed by atoms with Gasteiger partial charge in [-0.05, 0) is 25.1 Å². The van der Waals surface area contributed by atoms with E-state index in [1.807, 2.05) is 13.0 Å². The number of rotatable bonds is 6. The molecule has 0 aliphatic heterocycles. The number of methoxy groups -OCH3 is 1. The van der Waals surface area contributed by atoms with Crippen LogP contribution in [-0.2, 0) is 13.1 Å². The van der Waals surface area contributed by atoms with Gasteiger partial charge in [0.15, 0.2) is 17.4 Å². The molecule has 0 fully saturated rings. The fourth-order valence-electron chi connectivity index (χ4n) is 2.18. The van der Waals surface area contributed by atoms with Crippen molar-refractivity contribution in [3.05, 3.63) is 35.4 Å². The van der Waals surface area contributed by atoms with Crippen molar-refractivity contribution in [3.8, 4) is 5.75 Å². The monoisotopic (exact) mass is 307 g/mol. The normalized spacial score (nSPS) is 12.1. The number of halogens is 1. The summed E-state index contributed by atoms with van der Waals surface area (Å²) < 4.78 is 18.7. The zero-order chi connectivity index (χ0) is 16.1. The third-order valence-electron chi connectivity index (χ3n) is 3.29. The van der Waals surface area contributed by atoms with Crippen molar-refractivity contribution in [1.29, 1.82) is 0 Å². The molecule has 0 radical (unpaired) electrons. The van der Waals surface area contributed by atoms with Gasteiger partial charge in [0, 0.05) is 5.56 Å². The number of ether oxygens (including phenoxy) is 1. The average molecular weight is 307 g/mol. The Labute approximate surface area is 128 Å². The Kier molecular flexibility index (Phi) is 5.05. The molecule has 0 amide bonds. The Morgan fingerprint density at radius 1 is 1.14 bits per heavy atom. The number of benzene rings is 1. The van der Waals surface area contributed by atoms with Crippen LogP contribution in [0, 0.1) is 5.82 Å². The number of quaternary nitrogens is 1. The Balaban J connectivity index is 2.10. The van der Waals surface area contributed by atoms with Crippen LogP contribution in [-0.4, -0.2) is 28.6 Å². The molecule has 118 valence electrons. The Morgan fingerprint density at radius 3 is 2.36 bits per heavy atom. The molecule has 7 nitrogen and oxygen atoms in total. The van der Waals surface area contributed by atoms with Crippen molar-refractivity contribution in [2.45, 2.75) is 20.0 Å². The maximum Gasteiger partial charge on any atom is 0.225 e. The molecule has 0 aliphatic carbocycles. The highest BCUT2D eigenvalue weighted by atomic mass is 19.1. The Hall–Kier alpha value is -2.48. The van der Waals surface area contributed by atoms with Crippen LogP contribution >= 0.6 is 0 Å². The van der Waals surface area contributed by atoms with Gasteiger partial charge < -0.3 is 21.1 Å². The second-order valence-corrected chi connectivity index (χ2v) is 4.89. The van der Waals surface area contributed by atoms with Crippen LogP contribution in [0.25, 0.3) is 0 Å². The van der Waals surface area contributed by atoms with Crippen LogP contribution < -0.4 is 21.1 Å². The van der Waals surface area contributed by atoms with Gasteiger partial charge in [-0.2, -0.15) is 15.0 Å². The average Bonchev–Trinajstić information content (AvgIpc) is 2.45. The second-order valence-electron chi connectivity index (χ2n) is 4.89. The quantitative estimate of drug-likeness (QED) is 0.682. The minimum atomic E-state index is -0.371. The van der Waals surface area contributed by atoms with Gasteiger partial charge in [-0.15, -0.1) is 0 Å². The first kappa shape index (κ1) is 15.9. The van der Waals surface area contributed by atoms with Gasteiger partial charge in [0.1, 0.15) is 13.1 Å².